The summed E-state index contributed by atoms with van der Waals surface area (Å²) < 4.78 is 1.73. The van der Waals surface area contributed by atoms with E-state index in [-0.39, 0.29) is 29.8 Å². The molecular formula is C21H24N6O3S. The number of carbonyl (C=O) groups is 2. The van der Waals surface area contributed by atoms with E-state index < -0.39 is 0 Å². The molecule has 0 radical (unpaired) electrons. The van der Waals surface area contributed by atoms with Crippen molar-refractivity contribution in [3.63, 3.8) is 0 Å². The lowest BCUT2D eigenvalue weighted by Gasteiger charge is -2.30. The number of nitrogens with zero attached hydrogens (tertiary/aromatic N) is 4. The van der Waals surface area contributed by atoms with E-state index in [2.05, 4.69) is 25.5 Å². The van der Waals surface area contributed by atoms with Crippen LogP contribution in [0.4, 0.5) is 10.8 Å². The first-order valence-corrected chi connectivity index (χ1v) is 11.0. The Balaban J connectivity index is 1.48. The van der Waals surface area contributed by atoms with Gasteiger partial charge in [-0.1, -0.05) is 29.5 Å². The third kappa shape index (κ3) is 4.43. The van der Waals surface area contributed by atoms with Crippen LogP contribution >= 0.6 is 11.3 Å². The van der Waals surface area contributed by atoms with Gasteiger partial charge in [-0.2, -0.15) is 4.98 Å². The van der Waals surface area contributed by atoms with Gasteiger partial charge in [0.05, 0.1) is 0 Å². The zero-order valence-electron chi connectivity index (χ0n) is 17.4. The lowest BCUT2D eigenvalue weighted by Crippen LogP contribution is -2.39. The van der Waals surface area contributed by atoms with Gasteiger partial charge in [0.15, 0.2) is 10.8 Å². The second-order valence-corrected chi connectivity index (χ2v) is 8.54. The molecule has 1 aliphatic heterocycles. The van der Waals surface area contributed by atoms with Gasteiger partial charge in [0.1, 0.15) is 17.6 Å². The lowest BCUT2D eigenvalue weighted by molar-refractivity contribution is -0.125. The van der Waals surface area contributed by atoms with Crippen LogP contribution in [0.5, 0.6) is 0 Å². The fourth-order valence-electron chi connectivity index (χ4n) is 3.68. The summed E-state index contributed by atoms with van der Waals surface area (Å²) in [4.78, 5) is 48.0. The molecule has 9 nitrogen and oxygen atoms in total. The first kappa shape index (κ1) is 21.0. The zero-order valence-corrected chi connectivity index (χ0v) is 18.2. The van der Waals surface area contributed by atoms with E-state index in [1.54, 1.807) is 7.05 Å². The number of piperidine rings is 1. The highest BCUT2D eigenvalue weighted by Gasteiger charge is 2.26. The smallest absolute Gasteiger partial charge is 0.273 e. The van der Waals surface area contributed by atoms with Crippen molar-refractivity contribution in [1.82, 2.24) is 19.9 Å². The standard InChI is InChI=1S/C21H24N6O3S/c1-13-5-3-4-6-15(13)24-16(28)11-27-12-23-18-17(20(27)30)31-21(25-18)26-9-7-14(8-10-26)19(29)22-2/h3-6,12,14H,7-11H2,1-2H3,(H,22,29)(H,24,28). The molecule has 2 aromatic heterocycles. The van der Waals surface area contributed by atoms with Crippen molar-refractivity contribution in [3.8, 4) is 0 Å². The molecule has 31 heavy (non-hydrogen) atoms. The summed E-state index contributed by atoms with van der Waals surface area (Å²) in [6.45, 7) is 3.18. The molecular weight excluding hydrogens is 416 g/mol. The molecule has 0 saturated carbocycles. The van der Waals surface area contributed by atoms with Gasteiger partial charge in [-0.3, -0.25) is 19.0 Å². The topological polar surface area (TPSA) is 109 Å². The van der Waals surface area contributed by atoms with Crippen molar-refractivity contribution in [2.45, 2.75) is 26.3 Å². The van der Waals surface area contributed by atoms with Crippen molar-refractivity contribution in [2.24, 2.45) is 5.92 Å². The van der Waals surface area contributed by atoms with Crippen LogP contribution in [0.1, 0.15) is 18.4 Å². The molecule has 0 aliphatic carbocycles. The van der Waals surface area contributed by atoms with Crippen LogP contribution in [0.25, 0.3) is 10.3 Å². The fraction of sp³-hybridized carbons (Fsp3) is 0.381. The maximum atomic E-state index is 12.9. The number of aryl methyl sites for hydroxylation is 1. The predicted molar refractivity (Wildman–Crippen MR) is 120 cm³/mol. The number of nitrogens with one attached hydrogen (secondary N) is 2. The third-order valence-corrected chi connectivity index (χ3v) is 6.58. The molecule has 4 rings (SSSR count). The van der Waals surface area contributed by atoms with Crippen LogP contribution in [0.2, 0.25) is 0 Å². The minimum Gasteiger partial charge on any atom is -0.359 e. The number of thiazole rings is 1. The molecule has 0 bridgehead atoms. The molecule has 2 amide bonds. The SMILES string of the molecule is CNC(=O)C1CCN(c2nc3ncn(CC(=O)Nc4ccccc4C)c(=O)c3s2)CC1. The van der Waals surface area contributed by atoms with Crippen LogP contribution in [0.15, 0.2) is 35.4 Å². The third-order valence-electron chi connectivity index (χ3n) is 5.49. The average Bonchev–Trinajstić information content (AvgIpc) is 3.22. The van der Waals surface area contributed by atoms with E-state index in [9.17, 15) is 14.4 Å². The van der Waals surface area contributed by atoms with Crippen molar-refractivity contribution >= 4 is 44.3 Å². The van der Waals surface area contributed by atoms with E-state index in [1.165, 1.54) is 22.2 Å². The highest BCUT2D eigenvalue weighted by molar-refractivity contribution is 7.22. The van der Waals surface area contributed by atoms with Crippen LogP contribution in [0, 0.1) is 12.8 Å². The second kappa shape index (κ2) is 8.84. The van der Waals surface area contributed by atoms with Crippen molar-refractivity contribution in [3.05, 3.63) is 46.5 Å². The first-order valence-electron chi connectivity index (χ1n) is 10.1. The molecule has 0 unspecified atom stereocenters. The number of anilines is 2. The molecule has 1 aromatic carbocycles. The molecule has 10 heteroatoms. The maximum Gasteiger partial charge on any atom is 0.273 e. The van der Waals surface area contributed by atoms with Gasteiger partial charge in [-0.05, 0) is 31.4 Å². The first-order chi connectivity index (χ1) is 15.0. The summed E-state index contributed by atoms with van der Waals surface area (Å²) in [6.07, 6.45) is 2.85. The number of aromatic nitrogens is 3. The number of carbonyl (C=O) groups excluding carboxylic acids is 2. The molecule has 0 spiro atoms. The molecule has 3 heterocycles. The van der Waals surface area contributed by atoms with Crippen LogP contribution in [0.3, 0.4) is 0 Å². The van der Waals surface area contributed by atoms with Crippen LogP contribution in [-0.4, -0.2) is 46.5 Å². The molecule has 3 aromatic rings. The number of benzene rings is 1. The second-order valence-electron chi connectivity index (χ2n) is 7.57. The fourth-order valence-corrected chi connectivity index (χ4v) is 4.70. The van der Waals surface area contributed by atoms with E-state index >= 15 is 0 Å². The van der Waals surface area contributed by atoms with Gasteiger partial charge < -0.3 is 15.5 Å². The van der Waals surface area contributed by atoms with Crippen LogP contribution < -0.4 is 21.1 Å². The molecule has 0 atom stereocenters. The zero-order chi connectivity index (χ0) is 22.0. The largest absolute Gasteiger partial charge is 0.359 e. The van der Waals surface area contributed by atoms with Gasteiger partial charge in [0.2, 0.25) is 11.8 Å². The minimum absolute atomic E-state index is 0.0118. The summed E-state index contributed by atoms with van der Waals surface area (Å²) in [5.74, 6) is -0.214. The summed E-state index contributed by atoms with van der Waals surface area (Å²) in [5, 5.41) is 6.25. The number of para-hydroxylation sites is 1. The Bertz CT molecular complexity index is 1180. The summed E-state index contributed by atoms with van der Waals surface area (Å²) in [7, 11) is 1.65. The van der Waals surface area contributed by atoms with E-state index in [1.807, 2.05) is 31.2 Å². The molecule has 1 saturated heterocycles. The highest BCUT2D eigenvalue weighted by atomic mass is 32.1. The quantitative estimate of drug-likeness (QED) is 0.626. The molecule has 2 N–H and O–H groups in total. The van der Waals surface area contributed by atoms with Crippen molar-refractivity contribution < 1.29 is 9.59 Å². The minimum atomic E-state index is -0.293. The van der Waals surface area contributed by atoms with E-state index in [0.29, 0.717) is 23.4 Å². The van der Waals surface area contributed by atoms with Gasteiger partial charge in [-0.15, -0.1) is 0 Å². The van der Waals surface area contributed by atoms with Crippen LogP contribution in [-0.2, 0) is 16.1 Å². The van der Waals surface area contributed by atoms with Gasteiger partial charge in [0.25, 0.3) is 5.56 Å². The average molecular weight is 441 g/mol. The van der Waals surface area contributed by atoms with E-state index in [0.717, 1.165) is 29.2 Å². The molecule has 162 valence electrons. The highest BCUT2D eigenvalue weighted by Crippen LogP contribution is 2.29. The Hall–Kier alpha value is -3.27. The van der Waals surface area contributed by atoms with Crippen molar-refractivity contribution in [1.29, 1.82) is 0 Å². The lowest BCUT2D eigenvalue weighted by atomic mass is 9.96. The summed E-state index contributed by atoms with van der Waals surface area (Å²) in [5.41, 5.74) is 1.77. The van der Waals surface area contributed by atoms with Crippen molar-refractivity contribution in [2.75, 3.05) is 30.4 Å². The Kier molecular flexibility index (Phi) is 5.99. The Morgan fingerprint density at radius 2 is 1.97 bits per heavy atom. The Labute approximate surface area is 183 Å². The predicted octanol–water partition coefficient (Wildman–Crippen LogP) is 1.76. The number of fused-ring (bicyclic) bond motifs is 1. The number of rotatable bonds is 5. The monoisotopic (exact) mass is 440 g/mol. The molecule has 1 fully saturated rings. The Morgan fingerprint density at radius 3 is 2.68 bits per heavy atom. The number of hydrogen-bond acceptors (Lipinski definition) is 7. The summed E-state index contributed by atoms with van der Waals surface area (Å²) >= 11 is 1.28. The Morgan fingerprint density at radius 1 is 1.23 bits per heavy atom. The van der Waals surface area contributed by atoms with E-state index in [4.69, 9.17) is 0 Å². The number of amides is 2. The summed E-state index contributed by atoms with van der Waals surface area (Å²) in [6, 6.07) is 7.47. The van der Waals surface area contributed by atoms with Gasteiger partial charge in [-0.25, -0.2) is 4.98 Å². The van der Waals surface area contributed by atoms with Gasteiger partial charge >= 0.3 is 0 Å². The number of hydrogen-bond donors (Lipinski definition) is 2. The van der Waals surface area contributed by atoms with Gasteiger partial charge in [0, 0.05) is 31.7 Å². The maximum absolute atomic E-state index is 12.9. The normalized spacial score (nSPS) is 14.6. The molecule has 1 aliphatic rings.